The van der Waals surface area contributed by atoms with E-state index in [1.807, 2.05) is 0 Å². The maximum absolute atomic E-state index is 14.3. The lowest BCUT2D eigenvalue weighted by Gasteiger charge is -2.39. The van der Waals surface area contributed by atoms with E-state index in [2.05, 4.69) is 55.3 Å². The maximum atomic E-state index is 14.3. The average Bonchev–Trinajstić information content (AvgIpc) is 1.27. The van der Waals surface area contributed by atoms with Gasteiger partial charge in [0.1, 0.15) is 33.1 Å². The van der Waals surface area contributed by atoms with Crippen molar-refractivity contribution in [1.82, 2.24) is 54.5 Å². The van der Waals surface area contributed by atoms with Crippen molar-refractivity contribution in [2.75, 3.05) is 44.2 Å². The lowest BCUT2D eigenvalue weighted by atomic mass is 10.1. The molecule has 20 nitrogen and oxygen atoms in total. The molecular formula is C56H46Cl4F14N12O8S4. The number of sulfonamides is 2. The number of carbonyl (C=O) groups is 2. The molecule has 4 aromatic carbocycles. The number of nitrogens with zero attached hydrogens (tertiary/aromatic N) is 9. The summed E-state index contributed by atoms with van der Waals surface area (Å²) in [6.45, 7) is -1.37. The third kappa shape index (κ3) is 18.6. The Bertz CT molecular complexity index is 4480. The molecule has 42 heteroatoms. The lowest BCUT2D eigenvalue weighted by molar-refractivity contribution is -0.276. The lowest BCUT2D eigenvalue weighted by Crippen LogP contribution is -2.60. The number of anilines is 1. The van der Waals surface area contributed by atoms with Crippen LogP contribution in [-0.2, 0) is 55.1 Å². The minimum Gasteiger partial charge on any atom is -0.403 e. The number of amides is 2. The zero-order chi connectivity index (χ0) is 70.3. The fraction of sp³-hybridized carbons (Fsp3) is 0.357. The molecule has 12 rings (SSSR count). The number of nitrogens with one attached hydrogen (secondary N) is 3. The second-order valence-electron chi connectivity index (χ2n) is 21.6. The number of aromatic nitrogens is 6. The average molecular weight is 1550 g/mol. The summed E-state index contributed by atoms with van der Waals surface area (Å²) in [5.74, 6) is -4.45. The quantitative estimate of drug-likeness (QED) is 0.0638. The first-order chi connectivity index (χ1) is 45.4. The van der Waals surface area contributed by atoms with E-state index in [1.165, 1.54) is 11.3 Å². The fourth-order valence-corrected chi connectivity index (χ4v) is 15.2. The topological polar surface area (TPSA) is 244 Å². The highest BCUT2D eigenvalue weighted by Crippen LogP contribution is 2.43. The summed E-state index contributed by atoms with van der Waals surface area (Å²) in [5.41, 5.74) is -1.04. The van der Waals surface area contributed by atoms with Crippen molar-refractivity contribution in [2.24, 2.45) is 0 Å². The number of piperazine rings is 2. The number of rotatable bonds is 15. The normalized spacial score (nSPS) is 17.5. The number of benzene rings is 4. The molecule has 0 bridgehead atoms. The van der Waals surface area contributed by atoms with Crippen molar-refractivity contribution in [1.29, 1.82) is 0 Å². The summed E-state index contributed by atoms with van der Waals surface area (Å²) in [6.07, 6.45) is -15.4. The first kappa shape index (κ1) is 75.3. The van der Waals surface area contributed by atoms with Gasteiger partial charge in [-0.25, -0.2) is 50.5 Å². The Morgan fingerprint density at radius 1 is 0.561 bits per heavy atom. The van der Waals surface area contributed by atoms with Gasteiger partial charge in [0.25, 0.3) is 0 Å². The van der Waals surface area contributed by atoms with E-state index in [4.69, 9.17) is 34.8 Å². The summed E-state index contributed by atoms with van der Waals surface area (Å²) in [5, 5.41) is 8.72. The molecule has 6 heterocycles. The zero-order valence-corrected chi connectivity index (χ0v) is 55.5. The Hall–Kier alpha value is -6.88. The number of halogens is 18. The van der Waals surface area contributed by atoms with Crippen molar-refractivity contribution in [3.63, 3.8) is 0 Å². The van der Waals surface area contributed by atoms with Crippen molar-refractivity contribution in [3.05, 3.63) is 145 Å². The van der Waals surface area contributed by atoms with Crippen LogP contribution in [-0.4, -0.2) is 131 Å². The summed E-state index contributed by atoms with van der Waals surface area (Å²) >= 11 is 20.6. The largest absolute Gasteiger partial charge is 0.573 e. The van der Waals surface area contributed by atoms with Gasteiger partial charge in [-0.05, 0) is 110 Å². The number of hydrogen-bond acceptors (Lipinski definition) is 18. The monoisotopic (exact) mass is 1550 g/mol. The van der Waals surface area contributed by atoms with Crippen molar-refractivity contribution < 1.29 is 97.4 Å². The Labute approximate surface area is 574 Å². The number of alkyl halides is 12. The van der Waals surface area contributed by atoms with Crippen molar-refractivity contribution in [2.45, 2.75) is 97.6 Å². The second kappa shape index (κ2) is 29.7. The molecule has 4 aliphatic rings. The predicted octanol–water partition coefficient (Wildman–Crippen LogP) is 12.6. The highest BCUT2D eigenvalue weighted by Gasteiger charge is 2.43. The molecule has 8 aromatic rings. The van der Waals surface area contributed by atoms with Gasteiger partial charge in [-0.1, -0.05) is 69.6 Å². The van der Waals surface area contributed by atoms with E-state index >= 15 is 0 Å². The number of hydrogen-bond donors (Lipinski definition) is 3. The summed E-state index contributed by atoms with van der Waals surface area (Å²) in [6, 6.07) is 7.92. The molecule has 0 spiro atoms. The Kier molecular flexibility index (Phi) is 22.9. The molecule has 2 saturated heterocycles. The van der Waals surface area contributed by atoms with E-state index in [9.17, 15) is 87.9 Å². The van der Waals surface area contributed by atoms with Gasteiger partial charge in [0.2, 0.25) is 31.9 Å². The molecule has 528 valence electrons. The Morgan fingerprint density at radius 3 is 1.42 bits per heavy atom. The van der Waals surface area contributed by atoms with Gasteiger partial charge in [-0.3, -0.25) is 9.59 Å². The number of fused-ring (bicyclic) bond motifs is 2. The van der Waals surface area contributed by atoms with Crippen LogP contribution in [0.25, 0.3) is 20.7 Å². The molecule has 3 N–H and O–H groups in total. The van der Waals surface area contributed by atoms with Crippen LogP contribution in [0, 0.1) is 11.6 Å². The fourth-order valence-electron chi connectivity index (χ4n) is 9.64. The van der Waals surface area contributed by atoms with E-state index < -0.39 is 120 Å². The molecule has 98 heavy (non-hydrogen) atoms. The van der Waals surface area contributed by atoms with Crippen LogP contribution in [0.5, 0.6) is 11.5 Å². The van der Waals surface area contributed by atoms with Crippen LogP contribution in [0.3, 0.4) is 0 Å². The Morgan fingerprint density at radius 2 is 0.990 bits per heavy atom. The van der Waals surface area contributed by atoms with E-state index in [1.54, 1.807) is 4.90 Å². The summed E-state index contributed by atoms with van der Waals surface area (Å²) < 4.78 is 244. The van der Waals surface area contributed by atoms with E-state index in [0.29, 0.717) is 72.8 Å². The van der Waals surface area contributed by atoms with Gasteiger partial charge in [0.15, 0.2) is 54.3 Å². The molecule has 2 aliphatic heterocycles. The molecule has 0 unspecified atom stereocenters. The summed E-state index contributed by atoms with van der Waals surface area (Å²) in [4.78, 5) is 53.1. The van der Waals surface area contributed by atoms with Crippen molar-refractivity contribution >= 4 is 128 Å². The molecule has 4 fully saturated rings. The smallest absolute Gasteiger partial charge is 0.403 e. The second-order valence-corrected chi connectivity index (χ2v) is 28.6. The van der Waals surface area contributed by atoms with Crippen LogP contribution < -0.4 is 30.3 Å². The minimum absolute atomic E-state index is 0. The molecule has 4 aromatic heterocycles. The predicted molar refractivity (Wildman–Crippen MR) is 330 cm³/mol. The van der Waals surface area contributed by atoms with Crippen molar-refractivity contribution in [3.8, 4) is 11.5 Å². The third-order valence-corrected chi connectivity index (χ3v) is 21.5. The first-order valence-electron chi connectivity index (χ1n) is 28.2. The summed E-state index contributed by atoms with van der Waals surface area (Å²) in [7, 11) is -8.89. The van der Waals surface area contributed by atoms with Crippen LogP contribution in [0.4, 0.5) is 66.6 Å². The van der Waals surface area contributed by atoms with Crippen LogP contribution in [0.1, 0.15) is 71.4 Å². The first-order valence-corrected chi connectivity index (χ1v) is 33.9. The van der Waals surface area contributed by atoms with Gasteiger partial charge >= 0.3 is 25.1 Å². The number of carbonyl (C=O) groups excluding carboxylic acids is 2. The molecule has 2 atom stereocenters. The Balaban J connectivity index is 0.000000195. The highest BCUT2D eigenvalue weighted by atomic mass is 35.5. The van der Waals surface area contributed by atoms with Gasteiger partial charge in [0.05, 0.1) is 20.9 Å². The SMILES string of the molecule is Cl.Clc1nc2nc(C3CC3)nc(Cl)c2s1.O=C(NCc1ccc(OC(F)(F)F)c(F)c1)[C@H]1CN(c2nc3nc(C4CC4)nc(Cl)c3s2)CCN1S(=O)(=O)c1ccc(C(F)(F)F)cc1.O=C(NCc1ccc(OC(F)(F)F)c(F)c1)[C@H]1CNCCN1S(=O)(=O)c1ccc(C(F)(F)F)cc1. The van der Waals surface area contributed by atoms with Gasteiger partial charge in [0, 0.05) is 64.2 Å². The standard InChI is InChI=1S/C28H22ClF7N6O4S2.C20H18F7N3O4S.C8H5Cl2N3S.ClH/c29-22-21-24(39-23(38-22)15-2-3-15)40-26(47-21)41-9-10-42(48(44,45)17-6-4-16(5-7-17)27(31,32)33)19(13-41)25(43)37-12-14-1-8-20(18(30)11-14)46-28(34,35)36;21-15-9-12(1-6-17(15)34-20(25,26)27)10-29-18(31)16-11-28-7-8-30(16)35(32,33)14-4-2-13(3-5-14)19(22,23)24;9-5-4-7(13-8(10)14-4)12-6(11-5)3-1-2-3;/h1,4-8,11,15,19H,2-3,9-10,12-13H2,(H,37,43);1-6,9,16,28H,7-8,10-11H2,(H,29,31);3H,1-2H2;1H/t19-;16-;;/m11../s1. The molecule has 2 saturated carbocycles. The van der Waals surface area contributed by atoms with Crippen LogP contribution in [0.15, 0.2) is 94.7 Å². The third-order valence-electron chi connectivity index (χ3n) is 14.7. The van der Waals surface area contributed by atoms with Gasteiger partial charge in [-0.2, -0.15) is 39.9 Å². The number of ether oxygens (including phenoxy) is 2. The van der Waals surface area contributed by atoms with Crippen LogP contribution in [0.2, 0.25) is 14.8 Å². The van der Waals surface area contributed by atoms with E-state index in [0.717, 1.165) is 111 Å². The molecular weight excluding hydrogens is 1500 g/mol. The maximum Gasteiger partial charge on any atom is 0.573 e. The molecule has 2 aliphatic carbocycles. The van der Waals surface area contributed by atoms with Crippen LogP contribution >= 0.6 is 69.9 Å². The minimum atomic E-state index is -5.13. The van der Waals surface area contributed by atoms with Gasteiger partial charge < -0.3 is 30.3 Å². The van der Waals surface area contributed by atoms with Gasteiger partial charge in [-0.15, -0.1) is 38.7 Å². The zero-order valence-electron chi connectivity index (χ0n) is 49.1. The molecule has 0 radical (unpaired) electrons. The van der Waals surface area contributed by atoms with E-state index in [-0.39, 0.29) is 80.4 Å². The molecule has 2 amide bonds. The number of thiazole rings is 2. The highest BCUT2D eigenvalue weighted by molar-refractivity contribution is 7.89.